The van der Waals surface area contributed by atoms with Gasteiger partial charge in [-0.1, -0.05) is 36.4 Å². The Morgan fingerprint density at radius 1 is 0.897 bits per heavy atom. The number of carbonyl (C=O) groups is 2. The van der Waals surface area contributed by atoms with E-state index in [9.17, 15) is 35.9 Å². The fourth-order valence-corrected chi connectivity index (χ4v) is 3.02. The highest BCUT2D eigenvalue weighted by Gasteiger charge is 2.77. The third-order valence-corrected chi connectivity index (χ3v) is 4.49. The number of anilines is 1. The zero-order chi connectivity index (χ0) is 21.4. The molecule has 4 N–H and O–H groups in total. The topological polar surface area (TPSA) is 74.8 Å². The first-order valence-corrected chi connectivity index (χ1v) is 8.23. The first kappa shape index (κ1) is 20.6. The highest BCUT2D eigenvalue weighted by molar-refractivity contribution is 6.01. The van der Waals surface area contributed by atoms with Crippen molar-refractivity contribution >= 4 is 17.5 Å². The van der Waals surface area contributed by atoms with Gasteiger partial charge >= 0.3 is 18.0 Å². The summed E-state index contributed by atoms with van der Waals surface area (Å²) in [5, 5.41) is 3.12. The predicted octanol–water partition coefficient (Wildman–Crippen LogP) is 2.49. The molecular formula is C18H14F6N3O2+. The Labute approximate surface area is 160 Å². The molecule has 0 spiro atoms. The number of nitrogens with one attached hydrogen (secondary N) is 2. The standard InChI is InChI=1S/C18H13F6N3O2/c19-17(20,21)16(18(22,23)24,27-14(28)10-6-2-1-3-7-10)26-13-11-8-4-5-9-12(11)25-15(13)29/h1-9,13,26H,(H,25,29)(H,27,28)/p+1/t13-/m0/s1. The third kappa shape index (κ3) is 3.65. The van der Waals surface area contributed by atoms with E-state index in [1.54, 1.807) is 0 Å². The molecular weight excluding hydrogens is 404 g/mol. The van der Waals surface area contributed by atoms with Crippen LogP contribution in [0, 0.1) is 0 Å². The molecule has 11 heteroatoms. The zero-order valence-electron chi connectivity index (χ0n) is 14.4. The second-order valence-electron chi connectivity index (χ2n) is 6.34. The van der Waals surface area contributed by atoms with Crippen molar-refractivity contribution in [2.24, 2.45) is 0 Å². The first-order chi connectivity index (χ1) is 13.5. The SMILES string of the molecule is O=C(NC([NH2+][C@@H]1C(=O)Nc2ccccc21)(C(F)(F)F)C(F)(F)F)c1ccccc1. The summed E-state index contributed by atoms with van der Waals surface area (Å²) in [6.07, 6.45) is -11.9. The normalized spacial score (nSPS) is 16.9. The molecule has 0 bridgehead atoms. The predicted molar refractivity (Wildman–Crippen MR) is 88.5 cm³/mol. The third-order valence-electron chi connectivity index (χ3n) is 4.49. The number of alkyl halides is 6. The summed E-state index contributed by atoms with van der Waals surface area (Å²) in [6, 6.07) is 9.76. The zero-order valence-corrected chi connectivity index (χ0v) is 14.4. The molecule has 5 nitrogen and oxygen atoms in total. The van der Waals surface area contributed by atoms with Gasteiger partial charge in [-0.25, -0.2) is 0 Å². The summed E-state index contributed by atoms with van der Waals surface area (Å²) in [7, 11) is 0. The van der Waals surface area contributed by atoms with Gasteiger partial charge in [0.15, 0.2) is 6.04 Å². The molecule has 1 atom stereocenters. The first-order valence-electron chi connectivity index (χ1n) is 8.23. The van der Waals surface area contributed by atoms with Gasteiger partial charge < -0.3 is 5.32 Å². The van der Waals surface area contributed by atoms with Crippen LogP contribution < -0.4 is 16.0 Å². The molecule has 0 saturated heterocycles. The Bertz CT molecular complexity index is 913. The van der Waals surface area contributed by atoms with Gasteiger partial charge in [-0.3, -0.25) is 20.2 Å². The fraction of sp³-hybridized carbons (Fsp3) is 0.222. The number of amides is 2. The van der Waals surface area contributed by atoms with E-state index in [4.69, 9.17) is 0 Å². The van der Waals surface area contributed by atoms with Gasteiger partial charge in [0.2, 0.25) is 0 Å². The Morgan fingerprint density at radius 3 is 2.03 bits per heavy atom. The molecule has 3 rings (SSSR count). The lowest BCUT2D eigenvalue weighted by Gasteiger charge is -2.36. The van der Waals surface area contributed by atoms with E-state index in [0.717, 1.165) is 17.4 Å². The molecule has 29 heavy (non-hydrogen) atoms. The minimum absolute atomic E-state index is 0.0515. The molecule has 0 unspecified atom stereocenters. The van der Waals surface area contributed by atoms with Gasteiger partial charge in [0, 0.05) is 11.1 Å². The van der Waals surface area contributed by atoms with Gasteiger partial charge in [0.25, 0.3) is 11.8 Å². The van der Waals surface area contributed by atoms with Crippen LogP contribution in [0.25, 0.3) is 0 Å². The van der Waals surface area contributed by atoms with Crippen LogP contribution in [0.1, 0.15) is 22.0 Å². The highest BCUT2D eigenvalue weighted by Crippen LogP contribution is 2.40. The Morgan fingerprint density at radius 2 is 1.45 bits per heavy atom. The molecule has 0 aromatic heterocycles. The van der Waals surface area contributed by atoms with Crippen LogP contribution in [0.15, 0.2) is 54.6 Å². The van der Waals surface area contributed by atoms with Crippen LogP contribution in [0.3, 0.4) is 0 Å². The van der Waals surface area contributed by atoms with Crippen molar-refractivity contribution in [3.05, 3.63) is 65.7 Å². The van der Waals surface area contributed by atoms with Crippen molar-refractivity contribution in [3.63, 3.8) is 0 Å². The lowest BCUT2D eigenvalue weighted by atomic mass is 10.0. The second kappa shape index (κ2) is 7.07. The minimum atomic E-state index is -5.96. The quantitative estimate of drug-likeness (QED) is 0.527. The number of hydrogen-bond acceptors (Lipinski definition) is 2. The summed E-state index contributed by atoms with van der Waals surface area (Å²) in [5.41, 5.74) is -5.09. The molecule has 2 aromatic carbocycles. The fourth-order valence-electron chi connectivity index (χ4n) is 3.02. The number of fused-ring (bicyclic) bond motifs is 1. The van der Waals surface area contributed by atoms with Crippen molar-refractivity contribution in [3.8, 4) is 0 Å². The van der Waals surface area contributed by atoms with E-state index >= 15 is 0 Å². The summed E-state index contributed by atoms with van der Waals surface area (Å²) in [4.78, 5) is 24.4. The number of quaternary nitrogens is 1. The number of carbonyl (C=O) groups excluding carboxylic acids is 2. The minimum Gasteiger partial charge on any atom is -0.320 e. The average Bonchev–Trinajstić information content (AvgIpc) is 2.95. The van der Waals surface area contributed by atoms with Crippen LogP contribution >= 0.6 is 0 Å². The maximum absolute atomic E-state index is 13.8. The smallest absolute Gasteiger partial charge is 0.320 e. The van der Waals surface area contributed by atoms with Gasteiger partial charge in [-0.2, -0.15) is 26.3 Å². The summed E-state index contributed by atoms with van der Waals surface area (Å²) in [5.74, 6) is -2.64. The number of hydrogen-bond donors (Lipinski definition) is 3. The number of rotatable bonds is 4. The van der Waals surface area contributed by atoms with Crippen molar-refractivity contribution in [2.45, 2.75) is 24.1 Å². The molecule has 1 aliphatic heterocycles. The lowest BCUT2D eigenvalue weighted by Crippen LogP contribution is -3.09. The van der Waals surface area contributed by atoms with E-state index in [1.165, 1.54) is 42.5 Å². The van der Waals surface area contributed by atoms with E-state index in [-0.39, 0.29) is 16.6 Å². The number of nitrogens with two attached hydrogens (primary N) is 1. The molecule has 2 aromatic rings. The average molecular weight is 418 g/mol. The summed E-state index contributed by atoms with van der Waals surface area (Å²) < 4.78 is 82.8. The van der Waals surface area contributed by atoms with Gasteiger partial charge in [-0.15, -0.1) is 0 Å². The van der Waals surface area contributed by atoms with Crippen molar-refractivity contribution in [1.29, 1.82) is 0 Å². The molecule has 0 fully saturated rings. The molecule has 0 radical (unpaired) electrons. The van der Waals surface area contributed by atoms with Crippen molar-refractivity contribution in [2.75, 3.05) is 5.32 Å². The second-order valence-corrected chi connectivity index (χ2v) is 6.34. The molecule has 0 aliphatic carbocycles. The van der Waals surface area contributed by atoms with Crippen molar-refractivity contribution in [1.82, 2.24) is 5.32 Å². The molecule has 154 valence electrons. The van der Waals surface area contributed by atoms with E-state index in [2.05, 4.69) is 5.32 Å². The van der Waals surface area contributed by atoms with Crippen LogP contribution in [-0.4, -0.2) is 29.8 Å². The Hall–Kier alpha value is -3.08. The number of para-hydroxylation sites is 1. The van der Waals surface area contributed by atoms with Crippen molar-refractivity contribution < 1.29 is 41.2 Å². The highest BCUT2D eigenvalue weighted by atomic mass is 19.4. The Kier molecular flexibility index (Phi) is 5.03. The monoisotopic (exact) mass is 418 g/mol. The molecule has 1 aliphatic rings. The summed E-state index contributed by atoms with van der Waals surface area (Å²) in [6.45, 7) is 0. The number of halogens is 6. The van der Waals surface area contributed by atoms with Crippen LogP contribution in [-0.2, 0) is 4.79 Å². The van der Waals surface area contributed by atoms with Crippen LogP contribution in [0.2, 0.25) is 0 Å². The number of benzene rings is 2. The lowest BCUT2D eigenvalue weighted by molar-refractivity contribution is -0.803. The molecule has 2 amide bonds. The molecule has 0 saturated carbocycles. The van der Waals surface area contributed by atoms with E-state index in [0.29, 0.717) is 0 Å². The molecule has 1 heterocycles. The van der Waals surface area contributed by atoms with E-state index in [1.807, 2.05) is 0 Å². The largest absolute Gasteiger partial charge is 0.475 e. The van der Waals surface area contributed by atoms with Crippen LogP contribution in [0.4, 0.5) is 32.0 Å². The van der Waals surface area contributed by atoms with E-state index < -0.39 is 41.4 Å². The maximum atomic E-state index is 13.8. The maximum Gasteiger partial charge on any atom is 0.475 e. The van der Waals surface area contributed by atoms with Gasteiger partial charge in [0.1, 0.15) is 0 Å². The summed E-state index contributed by atoms with van der Waals surface area (Å²) >= 11 is 0. The van der Waals surface area contributed by atoms with Gasteiger partial charge in [0.05, 0.1) is 5.69 Å². The van der Waals surface area contributed by atoms with Crippen LogP contribution in [0.5, 0.6) is 0 Å². The van der Waals surface area contributed by atoms with Gasteiger partial charge in [-0.05, 0) is 18.2 Å². The Balaban J connectivity index is 2.06.